The van der Waals surface area contributed by atoms with Crippen LogP contribution in [0.5, 0.6) is 0 Å². The Kier molecular flexibility index (Phi) is 4.63. The Balaban J connectivity index is 1.86. The van der Waals surface area contributed by atoms with Crippen LogP contribution in [0.15, 0.2) is 82.6 Å². The van der Waals surface area contributed by atoms with Crippen LogP contribution < -0.4 is 11.2 Å². The molecule has 0 radical (unpaired) electrons. The minimum absolute atomic E-state index is 0.00451. The van der Waals surface area contributed by atoms with Gasteiger partial charge in [0.2, 0.25) is 0 Å². The Morgan fingerprint density at radius 3 is 2.32 bits per heavy atom. The van der Waals surface area contributed by atoms with Crippen LogP contribution in [0.25, 0.3) is 11.0 Å². The topological polar surface area (TPSA) is 86.9 Å². The maximum atomic E-state index is 13.1. The van der Waals surface area contributed by atoms with Crippen molar-refractivity contribution in [1.29, 1.82) is 0 Å². The number of pyridine rings is 2. The fourth-order valence-electron chi connectivity index (χ4n) is 3.05. The Hall–Kier alpha value is -3.87. The Labute approximate surface area is 159 Å². The molecular weight excluding hydrogens is 356 g/mol. The summed E-state index contributed by atoms with van der Waals surface area (Å²) in [5.74, 6) is -0.226. The van der Waals surface area contributed by atoms with Crippen molar-refractivity contribution in [3.8, 4) is 0 Å². The van der Waals surface area contributed by atoms with E-state index in [-0.39, 0.29) is 24.4 Å². The first-order valence-electron chi connectivity index (χ1n) is 8.71. The van der Waals surface area contributed by atoms with Crippen LogP contribution in [0, 0.1) is 0 Å². The molecule has 0 atom stereocenters. The average molecular weight is 372 g/mol. The highest BCUT2D eigenvalue weighted by Crippen LogP contribution is 2.08. The second kappa shape index (κ2) is 7.40. The molecule has 138 valence electrons. The molecule has 0 bridgehead atoms. The smallest absolute Gasteiger partial charge is 0.292 e. The minimum Gasteiger partial charge on any atom is -0.292 e. The van der Waals surface area contributed by atoms with Crippen molar-refractivity contribution in [1.82, 2.24) is 19.1 Å². The summed E-state index contributed by atoms with van der Waals surface area (Å²) < 4.78 is 2.36. The van der Waals surface area contributed by atoms with Crippen molar-refractivity contribution < 1.29 is 4.79 Å². The monoisotopic (exact) mass is 372 g/mol. The molecule has 1 aromatic carbocycles. The van der Waals surface area contributed by atoms with Gasteiger partial charge in [0.25, 0.3) is 5.56 Å². The fourth-order valence-corrected chi connectivity index (χ4v) is 3.05. The number of hydrogen-bond donors (Lipinski definition) is 0. The summed E-state index contributed by atoms with van der Waals surface area (Å²) in [6.07, 6.45) is 3.08. The highest BCUT2D eigenvalue weighted by molar-refractivity contribution is 5.96. The molecule has 0 fully saturated rings. The standard InChI is InChI=1S/C21H16N4O3/c26-18(15-7-2-1-3-8-15)14-24-17-10-6-12-23-19(17)20(27)25(21(24)28)13-16-9-4-5-11-22-16/h1-12H,13-14H2. The van der Waals surface area contributed by atoms with Gasteiger partial charge < -0.3 is 0 Å². The van der Waals surface area contributed by atoms with E-state index in [4.69, 9.17) is 0 Å². The molecule has 0 amide bonds. The molecule has 0 saturated carbocycles. The first-order valence-corrected chi connectivity index (χ1v) is 8.71. The third-order valence-corrected chi connectivity index (χ3v) is 4.43. The summed E-state index contributed by atoms with van der Waals surface area (Å²) in [6, 6.07) is 17.2. The summed E-state index contributed by atoms with van der Waals surface area (Å²) in [5.41, 5.74) is 0.458. The molecule has 0 spiro atoms. The van der Waals surface area contributed by atoms with Crippen LogP contribution in [0.1, 0.15) is 16.1 Å². The molecule has 28 heavy (non-hydrogen) atoms. The number of nitrogens with zero attached hydrogens (tertiary/aromatic N) is 4. The lowest BCUT2D eigenvalue weighted by molar-refractivity contribution is 0.0971. The minimum atomic E-state index is -0.569. The Bertz CT molecular complexity index is 1260. The molecular formula is C21H16N4O3. The van der Waals surface area contributed by atoms with E-state index in [0.717, 1.165) is 4.57 Å². The number of fused-ring (bicyclic) bond motifs is 1. The van der Waals surface area contributed by atoms with E-state index >= 15 is 0 Å². The van der Waals surface area contributed by atoms with E-state index in [9.17, 15) is 14.4 Å². The predicted octanol–water partition coefficient (Wildman–Crippen LogP) is 1.88. The van der Waals surface area contributed by atoms with Gasteiger partial charge in [-0.3, -0.25) is 23.7 Å². The van der Waals surface area contributed by atoms with E-state index in [1.54, 1.807) is 60.8 Å². The summed E-state index contributed by atoms with van der Waals surface area (Å²) in [7, 11) is 0. The van der Waals surface area contributed by atoms with Crippen molar-refractivity contribution in [2.24, 2.45) is 0 Å². The van der Waals surface area contributed by atoms with Crippen LogP contribution in [-0.4, -0.2) is 24.9 Å². The molecule has 7 nitrogen and oxygen atoms in total. The molecule has 0 aliphatic carbocycles. The molecule has 4 rings (SSSR count). The zero-order valence-electron chi connectivity index (χ0n) is 14.9. The maximum absolute atomic E-state index is 13.1. The number of rotatable bonds is 5. The number of aromatic nitrogens is 4. The second-order valence-electron chi connectivity index (χ2n) is 6.24. The third kappa shape index (κ3) is 3.25. The quantitative estimate of drug-likeness (QED) is 0.499. The van der Waals surface area contributed by atoms with Crippen molar-refractivity contribution in [2.45, 2.75) is 13.1 Å². The van der Waals surface area contributed by atoms with Gasteiger partial charge in [0.1, 0.15) is 0 Å². The average Bonchev–Trinajstić information content (AvgIpc) is 2.75. The van der Waals surface area contributed by atoms with E-state index in [1.807, 2.05) is 6.07 Å². The van der Waals surface area contributed by atoms with Crippen molar-refractivity contribution >= 4 is 16.8 Å². The van der Waals surface area contributed by atoms with Gasteiger partial charge in [-0.25, -0.2) is 9.78 Å². The lowest BCUT2D eigenvalue weighted by atomic mass is 10.1. The van der Waals surface area contributed by atoms with Crippen LogP contribution >= 0.6 is 0 Å². The Morgan fingerprint density at radius 2 is 1.57 bits per heavy atom. The van der Waals surface area contributed by atoms with Gasteiger partial charge in [-0.1, -0.05) is 36.4 Å². The fraction of sp³-hybridized carbons (Fsp3) is 0.0952. The van der Waals surface area contributed by atoms with Crippen molar-refractivity contribution in [2.75, 3.05) is 0 Å². The van der Waals surface area contributed by atoms with Gasteiger partial charge in [-0.15, -0.1) is 0 Å². The predicted molar refractivity (Wildman–Crippen MR) is 104 cm³/mol. The van der Waals surface area contributed by atoms with Gasteiger partial charge in [0.05, 0.1) is 24.3 Å². The molecule has 0 aliphatic rings. The second-order valence-corrected chi connectivity index (χ2v) is 6.24. The molecule has 3 aromatic heterocycles. The zero-order chi connectivity index (χ0) is 19.5. The van der Waals surface area contributed by atoms with Crippen molar-refractivity contribution in [3.63, 3.8) is 0 Å². The van der Waals surface area contributed by atoms with Gasteiger partial charge in [-0.2, -0.15) is 0 Å². The number of Topliss-reactive ketones (excluding diaryl/α,β-unsaturated/α-hetero) is 1. The third-order valence-electron chi connectivity index (χ3n) is 4.43. The number of benzene rings is 1. The van der Waals surface area contributed by atoms with Crippen LogP contribution in [-0.2, 0) is 13.1 Å². The lowest BCUT2D eigenvalue weighted by Gasteiger charge is -2.13. The summed E-state index contributed by atoms with van der Waals surface area (Å²) in [6.45, 7) is -0.182. The highest BCUT2D eigenvalue weighted by Gasteiger charge is 2.17. The SMILES string of the molecule is O=C(Cn1c(=O)n(Cc2ccccn2)c(=O)c2ncccc21)c1ccccc1. The number of carbonyl (C=O) groups excluding carboxylic acids is 1. The van der Waals surface area contributed by atoms with Gasteiger partial charge in [0.15, 0.2) is 11.3 Å². The van der Waals surface area contributed by atoms with Gasteiger partial charge in [0, 0.05) is 18.0 Å². The van der Waals surface area contributed by atoms with Crippen molar-refractivity contribution in [3.05, 3.63) is 105 Å². The number of ketones is 1. The molecule has 0 saturated heterocycles. The summed E-state index contributed by atoms with van der Waals surface area (Å²) >= 11 is 0. The van der Waals surface area contributed by atoms with E-state index < -0.39 is 11.2 Å². The molecule has 0 unspecified atom stereocenters. The summed E-state index contributed by atoms with van der Waals surface area (Å²) in [5, 5.41) is 0. The first kappa shape index (κ1) is 17.5. The highest BCUT2D eigenvalue weighted by atomic mass is 16.2. The number of hydrogen-bond acceptors (Lipinski definition) is 5. The van der Waals surface area contributed by atoms with E-state index in [0.29, 0.717) is 16.8 Å². The van der Waals surface area contributed by atoms with Gasteiger partial charge in [-0.05, 0) is 24.3 Å². The van der Waals surface area contributed by atoms with Crippen LogP contribution in [0.4, 0.5) is 0 Å². The molecule has 4 aromatic rings. The largest absolute Gasteiger partial charge is 0.332 e. The molecule has 3 heterocycles. The molecule has 7 heteroatoms. The molecule has 0 N–H and O–H groups in total. The Morgan fingerprint density at radius 1 is 0.821 bits per heavy atom. The molecule has 0 aliphatic heterocycles. The summed E-state index contributed by atoms with van der Waals surface area (Å²) in [4.78, 5) is 46.9. The maximum Gasteiger partial charge on any atom is 0.332 e. The first-order chi connectivity index (χ1) is 13.6. The van der Waals surface area contributed by atoms with E-state index in [2.05, 4.69) is 9.97 Å². The number of carbonyl (C=O) groups is 1. The van der Waals surface area contributed by atoms with Gasteiger partial charge >= 0.3 is 5.69 Å². The van der Waals surface area contributed by atoms with Crippen LogP contribution in [0.2, 0.25) is 0 Å². The van der Waals surface area contributed by atoms with E-state index in [1.165, 1.54) is 10.8 Å². The van der Waals surface area contributed by atoms with Crippen LogP contribution in [0.3, 0.4) is 0 Å². The lowest BCUT2D eigenvalue weighted by Crippen LogP contribution is -2.41. The zero-order valence-corrected chi connectivity index (χ0v) is 14.9. The normalized spacial score (nSPS) is 10.9.